The number of aliphatic hydroxyl groups excluding tert-OH is 5. The van der Waals surface area contributed by atoms with E-state index in [1.54, 1.807) is 6.08 Å². The average molecular weight is 949 g/mol. The molecule has 7 unspecified atom stereocenters. The van der Waals surface area contributed by atoms with E-state index < -0.39 is 49.5 Å². The number of aliphatic hydroxyl groups is 5. The summed E-state index contributed by atoms with van der Waals surface area (Å²) in [7, 11) is 0. The molecule has 9 heteroatoms. The van der Waals surface area contributed by atoms with Crippen molar-refractivity contribution in [3.63, 3.8) is 0 Å². The van der Waals surface area contributed by atoms with Crippen molar-refractivity contribution in [1.82, 2.24) is 5.32 Å². The Labute approximate surface area is 412 Å². The Bertz CT molecular complexity index is 1150. The van der Waals surface area contributed by atoms with Gasteiger partial charge in [0.05, 0.1) is 25.4 Å². The first kappa shape index (κ1) is 63.4. The van der Waals surface area contributed by atoms with Gasteiger partial charge in [-0.3, -0.25) is 4.79 Å². The molecule has 67 heavy (non-hydrogen) atoms. The Morgan fingerprint density at radius 1 is 0.493 bits per heavy atom. The van der Waals surface area contributed by atoms with Gasteiger partial charge in [-0.25, -0.2) is 0 Å². The Balaban J connectivity index is 2.23. The van der Waals surface area contributed by atoms with Gasteiger partial charge in [0.2, 0.25) is 5.91 Å². The van der Waals surface area contributed by atoms with Crippen molar-refractivity contribution in [2.24, 2.45) is 0 Å². The van der Waals surface area contributed by atoms with Gasteiger partial charge in [-0.15, -0.1) is 0 Å². The van der Waals surface area contributed by atoms with Crippen LogP contribution in [0.1, 0.15) is 271 Å². The molecule has 1 heterocycles. The first-order valence-electron chi connectivity index (χ1n) is 28.7. The van der Waals surface area contributed by atoms with Gasteiger partial charge in [-0.2, -0.15) is 0 Å². The molecule has 0 spiro atoms. The molecule has 0 saturated carbocycles. The number of rotatable bonds is 49. The lowest BCUT2D eigenvalue weighted by Gasteiger charge is -2.40. The van der Waals surface area contributed by atoms with Crippen LogP contribution in [0.4, 0.5) is 0 Å². The van der Waals surface area contributed by atoms with Gasteiger partial charge < -0.3 is 40.3 Å². The quantitative estimate of drug-likeness (QED) is 0.0261. The van der Waals surface area contributed by atoms with Crippen molar-refractivity contribution in [3.05, 3.63) is 36.5 Å². The highest BCUT2D eigenvalue weighted by molar-refractivity contribution is 5.76. The Morgan fingerprint density at radius 3 is 1.25 bits per heavy atom. The highest BCUT2D eigenvalue weighted by Crippen LogP contribution is 2.23. The lowest BCUT2D eigenvalue weighted by atomic mass is 9.99. The number of ether oxygens (including phenoxy) is 2. The highest BCUT2D eigenvalue weighted by Gasteiger charge is 2.44. The Morgan fingerprint density at radius 2 is 0.851 bits per heavy atom. The molecule has 0 aromatic rings. The number of hydrogen-bond acceptors (Lipinski definition) is 8. The summed E-state index contributed by atoms with van der Waals surface area (Å²) in [6.07, 6.45) is 55.1. The van der Waals surface area contributed by atoms with Crippen molar-refractivity contribution < 1.29 is 39.8 Å². The van der Waals surface area contributed by atoms with Crippen LogP contribution in [0.5, 0.6) is 0 Å². The lowest BCUT2D eigenvalue weighted by molar-refractivity contribution is -0.302. The van der Waals surface area contributed by atoms with Crippen molar-refractivity contribution in [2.75, 3.05) is 13.2 Å². The third-order valence-corrected chi connectivity index (χ3v) is 13.7. The van der Waals surface area contributed by atoms with E-state index in [9.17, 15) is 30.3 Å². The molecular formula is C58H109NO8. The zero-order valence-electron chi connectivity index (χ0n) is 43.7. The molecule has 1 saturated heterocycles. The molecule has 1 fully saturated rings. The molecule has 6 N–H and O–H groups in total. The minimum atomic E-state index is -1.57. The third-order valence-electron chi connectivity index (χ3n) is 13.7. The summed E-state index contributed by atoms with van der Waals surface area (Å²) in [6, 6.07) is -0.825. The molecular weight excluding hydrogens is 839 g/mol. The molecule has 1 rings (SSSR count). The summed E-state index contributed by atoms with van der Waals surface area (Å²) >= 11 is 0. The minimum Gasteiger partial charge on any atom is -0.394 e. The van der Waals surface area contributed by atoms with Gasteiger partial charge in [0.25, 0.3) is 0 Å². The number of unbranched alkanes of at least 4 members (excludes halogenated alkanes) is 35. The molecule has 1 amide bonds. The lowest BCUT2D eigenvalue weighted by Crippen LogP contribution is -2.60. The van der Waals surface area contributed by atoms with E-state index in [1.165, 1.54) is 205 Å². The van der Waals surface area contributed by atoms with Crippen molar-refractivity contribution in [2.45, 2.75) is 314 Å². The van der Waals surface area contributed by atoms with Gasteiger partial charge in [-0.05, 0) is 44.9 Å². The fourth-order valence-electron chi connectivity index (χ4n) is 9.13. The fourth-order valence-corrected chi connectivity index (χ4v) is 9.13. The molecule has 1 aliphatic rings. The van der Waals surface area contributed by atoms with E-state index in [1.807, 2.05) is 6.08 Å². The van der Waals surface area contributed by atoms with Crippen LogP contribution in [0.25, 0.3) is 0 Å². The summed E-state index contributed by atoms with van der Waals surface area (Å²) in [5.41, 5.74) is 0. The molecule has 394 valence electrons. The van der Waals surface area contributed by atoms with Gasteiger partial charge in [-0.1, -0.05) is 256 Å². The SMILES string of the molecule is CCCCCCCCCCCCCCCCCCCCC/C=C/CC/C=C/CC/C=C/C(O)C(COC1OC(CO)C(O)C(O)C1O)NC(=O)CCCCCCCCCCCCCCCCC. The number of nitrogens with one attached hydrogen (secondary N) is 1. The third kappa shape index (κ3) is 37.9. The van der Waals surface area contributed by atoms with E-state index in [0.717, 1.165) is 44.9 Å². The van der Waals surface area contributed by atoms with Crippen LogP contribution in [-0.4, -0.2) is 87.5 Å². The van der Waals surface area contributed by atoms with Gasteiger partial charge in [0, 0.05) is 6.42 Å². The molecule has 7 atom stereocenters. The van der Waals surface area contributed by atoms with Crippen LogP contribution < -0.4 is 5.32 Å². The van der Waals surface area contributed by atoms with E-state index >= 15 is 0 Å². The van der Waals surface area contributed by atoms with Crippen molar-refractivity contribution in [1.29, 1.82) is 0 Å². The molecule has 0 aliphatic carbocycles. The number of amides is 1. The van der Waals surface area contributed by atoms with E-state index in [0.29, 0.717) is 6.42 Å². The van der Waals surface area contributed by atoms with Crippen molar-refractivity contribution in [3.8, 4) is 0 Å². The largest absolute Gasteiger partial charge is 0.394 e. The smallest absolute Gasteiger partial charge is 0.220 e. The average Bonchev–Trinajstić information content (AvgIpc) is 3.33. The van der Waals surface area contributed by atoms with Crippen LogP contribution in [0.2, 0.25) is 0 Å². The molecule has 1 aliphatic heterocycles. The maximum absolute atomic E-state index is 13.0. The van der Waals surface area contributed by atoms with Gasteiger partial charge in [0.1, 0.15) is 24.4 Å². The highest BCUT2D eigenvalue weighted by atomic mass is 16.7. The minimum absolute atomic E-state index is 0.188. The summed E-state index contributed by atoms with van der Waals surface area (Å²) in [5, 5.41) is 54.4. The summed E-state index contributed by atoms with van der Waals surface area (Å²) in [6.45, 7) is 3.78. The van der Waals surface area contributed by atoms with Crippen LogP contribution in [-0.2, 0) is 14.3 Å². The van der Waals surface area contributed by atoms with Gasteiger partial charge >= 0.3 is 0 Å². The van der Waals surface area contributed by atoms with Crippen molar-refractivity contribution >= 4 is 5.91 Å². The first-order chi connectivity index (χ1) is 32.8. The predicted octanol–water partition coefficient (Wildman–Crippen LogP) is 14.0. The van der Waals surface area contributed by atoms with E-state index in [4.69, 9.17) is 9.47 Å². The monoisotopic (exact) mass is 948 g/mol. The summed E-state index contributed by atoms with van der Waals surface area (Å²) in [5.74, 6) is -0.188. The number of carbonyl (C=O) groups is 1. The maximum atomic E-state index is 13.0. The van der Waals surface area contributed by atoms with Crippen LogP contribution in [0.3, 0.4) is 0 Å². The van der Waals surface area contributed by atoms with Crippen LogP contribution >= 0.6 is 0 Å². The normalized spacial score (nSPS) is 19.9. The second-order valence-corrected chi connectivity index (χ2v) is 20.1. The van der Waals surface area contributed by atoms with Gasteiger partial charge in [0.15, 0.2) is 6.29 Å². The molecule has 0 aromatic carbocycles. The first-order valence-corrected chi connectivity index (χ1v) is 28.7. The summed E-state index contributed by atoms with van der Waals surface area (Å²) < 4.78 is 11.2. The predicted molar refractivity (Wildman–Crippen MR) is 281 cm³/mol. The van der Waals surface area contributed by atoms with Crippen LogP contribution in [0.15, 0.2) is 36.5 Å². The number of carbonyl (C=O) groups excluding carboxylic acids is 1. The van der Waals surface area contributed by atoms with E-state index in [-0.39, 0.29) is 12.5 Å². The number of allylic oxidation sites excluding steroid dienone is 5. The zero-order valence-corrected chi connectivity index (χ0v) is 43.7. The molecule has 9 nitrogen and oxygen atoms in total. The maximum Gasteiger partial charge on any atom is 0.220 e. The molecule has 0 bridgehead atoms. The fraction of sp³-hybridized carbons (Fsp3) is 0.879. The second kappa shape index (κ2) is 48.1. The topological polar surface area (TPSA) is 149 Å². The molecule has 0 radical (unpaired) electrons. The second-order valence-electron chi connectivity index (χ2n) is 20.1. The Hall–Kier alpha value is -1.59. The standard InChI is InChI=1S/C58H109NO8/c1-3-5-7-9-11-13-15-17-19-20-21-22-23-24-25-26-27-28-29-30-31-32-34-35-37-39-41-43-45-47-52(61)51(50-66-58-57(65)56(64)55(63)53(49-60)67-58)59-54(62)48-46-44-42-40-38-36-33-18-16-14-12-10-8-6-4-2/h31-32,37,39,45,47,51-53,55-58,60-61,63-65H,3-30,33-36,38,40-44,46,48-50H2,1-2H3,(H,59,62)/b32-31+,39-37+,47-45+. The Kier molecular flexibility index (Phi) is 45.5. The zero-order chi connectivity index (χ0) is 48.7. The molecule has 0 aromatic heterocycles. The van der Waals surface area contributed by atoms with Crippen LogP contribution in [0, 0.1) is 0 Å². The number of hydrogen-bond donors (Lipinski definition) is 6. The summed E-state index contributed by atoms with van der Waals surface area (Å²) in [4.78, 5) is 13.0. The van der Waals surface area contributed by atoms with E-state index in [2.05, 4.69) is 43.5 Å².